The minimum absolute atomic E-state index is 0.0676. The second kappa shape index (κ2) is 10.5. The van der Waals surface area contributed by atoms with Crippen LogP contribution in [0.2, 0.25) is 0 Å². The first-order chi connectivity index (χ1) is 16.5. The Morgan fingerprint density at radius 2 is 1.65 bits per heavy atom. The van der Waals surface area contributed by atoms with Crippen LogP contribution in [-0.2, 0) is 17.8 Å². The lowest BCUT2D eigenvalue weighted by Gasteiger charge is -2.36. The van der Waals surface area contributed by atoms with E-state index in [2.05, 4.69) is 41.1 Å². The summed E-state index contributed by atoms with van der Waals surface area (Å²) in [6, 6.07) is 16.2. The number of benzene rings is 2. The number of nitrogens with zero attached hydrogens (tertiary/aromatic N) is 3. The van der Waals surface area contributed by atoms with Crippen LogP contribution < -0.4 is 24.0 Å². The maximum Gasteiger partial charge on any atom is 0.227 e. The van der Waals surface area contributed by atoms with Gasteiger partial charge in [-0.1, -0.05) is 29.8 Å². The van der Waals surface area contributed by atoms with Crippen molar-refractivity contribution in [3.05, 3.63) is 71.4 Å². The molecular weight excluding hydrogens is 430 g/mol. The molecule has 0 saturated heterocycles. The Hall–Kier alpha value is -3.74. The molecule has 0 fully saturated rings. The van der Waals surface area contributed by atoms with Crippen LogP contribution in [0.15, 0.2) is 54.7 Å². The van der Waals surface area contributed by atoms with E-state index < -0.39 is 0 Å². The Balaban J connectivity index is 1.49. The number of hydrogen-bond donors (Lipinski definition) is 0. The average Bonchev–Trinajstić information content (AvgIpc) is 2.88. The molecule has 1 aliphatic heterocycles. The number of aromatic nitrogens is 1. The highest BCUT2D eigenvalue weighted by Gasteiger charge is 2.27. The lowest BCUT2D eigenvalue weighted by molar-refractivity contribution is -0.118. The molecule has 0 unspecified atom stereocenters. The topological polar surface area (TPSA) is 64.1 Å². The number of fused-ring (bicyclic) bond motifs is 1. The van der Waals surface area contributed by atoms with Gasteiger partial charge in [0.15, 0.2) is 17.3 Å². The van der Waals surface area contributed by atoms with E-state index in [1.807, 2.05) is 29.2 Å². The standard InChI is InChI=1S/C27H31N3O4/c1-19-7-9-20(10-8-19)18-29-14-15-30(22-6-5-13-28-27(22)29)25(31)12-11-21-16-23(32-2)26(34-4)24(17-21)33-3/h5-10,13,16-17H,11-12,14-15,18H2,1-4H3. The zero-order chi connectivity index (χ0) is 24.1. The summed E-state index contributed by atoms with van der Waals surface area (Å²) in [7, 11) is 4.76. The molecule has 0 saturated carbocycles. The highest BCUT2D eigenvalue weighted by molar-refractivity contribution is 5.97. The van der Waals surface area contributed by atoms with Gasteiger partial charge in [0, 0.05) is 32.3 Å². The average molecular weight is 462 g/mol. The van der Waals surface area contributed by atoms with Crippen LogP contribution in [-0.4, -0.2) is 45.3 Å². The number of amides is 1. The van der Waals surface area contributed by atoms with Crippen LogP contribution in [0, 0.1) is 6.92 Å². The molecule has 178 valence electrons. The molecule has 2 heterocycles. The molecule has 1 aromatic heterocycles. The van der Waals surface area contributed by atoms with Gasteiger partial charge in [0.1, 0.15) is 0 Å². The Bertz CT molecular complexity index is 1120. The Morgan fingerprint density at radius 1 is 0.941 bits per heavy atom. The van der Waals surface area contributed by atoms with Crippen LogP contribution in [0.3, 0.4) is 0 Å². The first-order valence-electron chi connectivity index (χ1n) is 11.4. The molecule has 1 aliphatic rings. The number of hydrogen-bond acceptors (Lipinski definition) is 6. The molecule has 0 bridgehead atoms. The number of aryl methyl sites for hydroxylation is 2. The SMILES string of the molecule is COc1cc(CCC(=O)N2CCN(Cc3ccc(C)cc3)c3ncccc32)cc(OC)c1OC. The molecule has 0 aliphatic carbocycles. The van der Waals surface area contributed by atoms with Crippen LogP contribution in [0.1, 0.15) is 23.1 Å². The number of methoxy groups -OCH3 is 3. The van der Waals surface area contributed by atoms with Crippen molar-refractivity contribution in [2.75, 3.05) is 44.2 Å². The van der Waals surface area contributed by atoms with E-state index in [4.69, 9.17) is 14.2 Å². The van der Waals surface area contributed by atoms with Gasteiger partial charge in [-0.25, -0.2) is 4.98 Å². The fourth-order valence-electron chi connectivity index (χ4n) is 4.28. The maximum atomic E-state index is 13.3. The Kier molecular flexibility index (Phi) is 7.21. The third-order valence-electron chi connectivity index (χ3n) is 6.10. The van der Waals surface area contributed by atoms with Crippen LogP contribution in [0.25, 0.3) is 0 Å². The molecule has 4 rings (SSSR count). The summed E-state index contributed by atoms with van der Waals surface area (Å²) in [6.07, 6.45) is 2.71. The van der Waals surface area contributed by atoms with Gasteiger partial charge < -0.3 is 24.0 Å². The molecular formula is C27H31N3O4. The van der Waals surface area contributed by atoms with E-state index in [1.165, 1.54) is 11.1 Å². The number of rotatable bonds is 8. The summed E-state index contributed by atoms with van der Waals surface area (Å²) in [5.41, 5.74) is 4.28. The van der Waals surface area contributed by atoms with E-state index in [9.17, 15) is 4.79 Å². The molecule has 0 atom stereocenters. The fraction of sp³-hybridized carbons (Fsp3) is 0.333. The molecule has 1 amide bonds. The number of pyridine rings is 1. The predicted molar refractivity (Wildman–Crippen MR) is 133 cm³/mol. The zero-order valence-electron chi connectivity index (χ0n) is 20.2. The molecule has 7 heteroatoms. The van der Waals surface area contributed by atoms with E-state index in [-0.39, 0.29) is 5.91 Å². The summed E-state index contributed by atoms with van der Waals surface area (Å²) >= 11 is 0. The van der Waals surface area contributed by atoms with Gasteiger partial charge in [-0.15, -0.1) is 0 Å². The number of carbonyl (C=O) groups excluding carboxylic acids is 1. The highest BCUT2D eigenvalue weighted by Crippen LogP contribution is 2.38. The quantitative estimate of drug-likeness (QED) is 0.495. The first kappa shape index (κ1) is 23.4. The Morgan fingerprint density at radius 3 is 2.29 bits per heavy atom. The lowest BCUT2D eigenvalue weighted by Crippen LogP contribution is -2.44. The summed E-state index contributed by atoms with van der Waals surface area (Å²) in [4.78, 5) is 22.0. The minimum atomic E-state index is 0.0676. The second-order valence-electron chi connectivity index (χ2n) is 8.33. The van der Waals surface area contributed by atoms with Gasteiger partial charge in [-0.3, -0.25) is 4.79 Å². The second-order valence-corrected chi connectivity index (χ2v) is 8.33. The maximum absolute atomic E-state index is 13.3. The van der Waals surface area contributed by atoms with Gasteiger partial charge in [0.05, 0.1) is 27.0 Å². The van der Waals surface area contributed by atoms with Crippen LogP contribution in [0.4, 0.5) is 11.5 Å². The molecule has 3 aromatic rings. The molecule has 34 heavy (non-hydrogen) atoms. The van der Waals surface area contributed by atoms with Gasteiger partial charge in [0.2, 0.25) is 11.7 Å². The molecule has 0 N–H and O–H groups in total. The van der Waals surface area contributed by atoms with E-state index >= 15 is 0 Å². The largest absolute Gasteiger partial charge is 0.493 e. The summed E-state index contributed by atoms with van der Waals surface area (Å²) in [5, 5.41) is 0. The number of ether oxygens (including phenoxy) is 3. The summed E-state index contributed by atoms with van der Waals surface area (Å²) in [5.74, 6) is 2.63. The van der Waals surface area contributed by atoms with Gasteiger partial charge in [-0.05, 0) is 48.7 Å². The van der Waals surface area contributed by atoms with E-state index in [1.54, 1.807) is 27.5 Å². The Labute approximate surface area is 200 Å². The van der Waals surface area contributed by atoms with Crippen LogP contribution >= 0.6 is 0 Å². The zero-order valence-corrected chi connectivity index (χ0v) is 20.2. The fourth-order valence-corrected chi connectivity index (χ4v) is 4.28. The normalized spacial score (nSPS) is 12.8. The van der Waals surface area contributed by atoms with Gasteiger partial charge in [0.25, 0.3) is 0 Å². The molecule has 7 nitrogen and oxygen atoms in total. The highest BCUT2D eigenvalue weighted by atomic mass is 16.5. The van der Waals surface area contributed by atoms with E-state index in [0.29, 0.717) is 36.6 Å². The van der Waals surface area contributed by atoms with Crippen molar-refractivity contribution in [2.24, 2.45) is 0 Å². The predicted octanol–water partition coefficient (Wildman–Crippen LogP) is 4.40. The first-order valence-corrected chi connectivity index (χ1v) is 11.4. The van der Waals surface area contributed by atoms with Crippen molar-refractivity contribution in [3.63, 3.8) is 0 Å². The van der Waals surface area contributed by atoms with Crippen molar-refractivity contribution in [2.45, 2.75) is 26.3 Å². The third kappa shape index (κ3) is 4.93. The summed E-state index contributed by atoms with van der Waals surface area (Å²) < 4.78 is 16.3. The van der Waals surface area contributed by atoms with Crippen molar-refractivity contribution in [1.29, 1.82) is 0 Å². The van der Waals surface area contributed by atoms with Crippen LogP contribution in [0.5, 0.6) is 17.2 Å². The molecule has 2 aromatic carbocycles. The lowest BCUT2D eigenvalue weighted by atomic mass is 10.1. The summed E-state index contributed by atoms with van der Waals surface area (Å²) in [6.45, 7) is 4.20. The molecule has 0 spiro atoms. The van der Waals surface area contributed by atoms with Crippen molar-refractivity contribution < 1.29 is 19.0 Å². The minimum Gasteiger partial charge on any atom is -0.493 e. The van der Waals surface area contributed by atoms with Gasteiger partial charge >= 0.3 is 0 Å². The van der Waals surface area contributed by atoms with Crippen molar-refractivity contribution in [1.82, 2.24) is 4.98 Å². The number of carbonyl (C=O) groups is 1. The van der Waals surface area contributed by atoms with E-state index in [0.717, 1.165) is 30.2 Å². The molecule has 0 radical (unpaired) electrons. The monoisotopic (exact) mass is 461 g/mol. The van der Waals surface area contributed by atoms with Gasteiger partial charge in [-0.2, -0.15) is 0 Å². The van der Waals surface area contributed by atoms with Crippen molar-refractivity contribution in [3.8, 4) is 17.2 Å². The number of anilines is 2. The third-order valence-corrected chi connectivity index (χ3v) is 6.10. The smallest absolute Gasteiger partial charge is 0.227 e. The van der Waals surface area contributed by atoms with Crippen molar-refractivity contribution >= 4 is 17.4 Å².